The second kappa shape index (κ2) is 4.99. The summed E-state index contributed by atoms with van der Waals surface area (Å²) in [6.07, 6.45) is 0. The van der Waals surface area contributed by atoms with Gasteiger partial charge in [0.1, 0.15) is 5.82 Å². The molecule has 0 spiro atoms. The molecule has 82 valence electrons. The molecule has 0 fully saturated rings. The first-order valence-electron chi connectivity index (χ1n) is 4.98. The first-order chi connectivity index (χ1) is 7.74. The maximum atomic E-state index is 12.7. The minimum absolute atomic E-state index is 0.228. The van der Waals surface area contributed by atoms with Crippen molar-refractivity contribution < 1.29 is 4.39 Å². The molecule has 2 aromatic carbocycles. The molecular weight excluding hydrogens is 225 g/mol. The quantitative estimate of drug-likeness (QED) is 0.845. The molecule has 2 aromatic rings. The molecule has 16 heavy (non-hydrogen) atoms. The number of rotatable bonds is 3. The molecule has 0 saturated heterocycles. The molecule has 0 bridgehead atoms. The van der Waals surface area contributed by atoms with Crippen LogP contribution in [-0.2, 0) is 6.54 Å². The number of anilines is 1. The molecule has 0 aliphatic carbocycles. The van der Waals surface area contributed by atoms with E-state index in [2.05, 4.69) is 5.32 Å². The van der Waals surface area contributed by atoms with Crippen LogP contribution in [0.2, 0.25) is 5.02 Å². The van der Waals surface area contributed by atoms with Gasteiger partial charge < -0.3 is 5.32 Å². The van der Waals surface area contributed by atoms with Crippen molar-refractivity contribution >= 4 is 17.3 Å². The fourth-order valence-electron chi connectivity index (χ4n) is 1.42. The average molecular weight is 236 g/mol. The van der Waals surface area contributed by atoms with E-state index in [0.29, 0.717) is 6.54 Å². The van der Waals surface area contributed by atoms with Crippen LogP contribution < -0.4 is 5.32 Å². The summed E-state index contributed by atoms with van der Waals surface area (Å²) in [5.41, 5.74) is 1.98. The third-order valence-corrected chi connectivity index (χ3v) is 2.46. The number of benzene rings is 2. The van der Waals surface area contributed by atoms with Gasteiger partial charge >= 0.3 is 0 Å². The van der Waals surface area contributed by atoms with E-state index in [1.165, 1.54) is 12.1 Å². The van der Waals surface area contributed by atoms with Crippen molar-refractivity contribution in [2.45, 2.75) is 6.54 Å². The van der Waals surface area contributed by atoms with Crippen LogP contribution in [-0.4, -0.2) is 0 Å². The van der Waals surface area contributed by atoms with Crippen LogP contribution in [0.5, 0.6) is 0 Å². The van der Waals surface area contributed by atoms with Crippen molar-refractivity contribution in [2.75, 3.05) is 5.32 Å². The lowest BCUT2D eigenvalue weighted by Crippen LogP contribution is -1.98. The number of halogens is 2. The van der Waals surface area contributed by atoms with Crippen LogP contribution in [0.4, 0.5) is 10.1 Å². The van der Waals surface area contributed by atoms with Crippen LogP contribution in [0.15, 0.2) is 48.5 Å². The summed E-state index contributed by atoms with van der Waals surface area (Å²) in [6, 6.07) is 13.9. The highest BCUT2D eigenvalue weighted by molar-refractivity contribution is 6.30. The highest BCUT2D eigenvalue weighted by atomic mass is 35.5. The Morgan fingerprint density at radius 1 is 1.06 bits per heavy atom. The van der Waals surface area contributed by atoms with Gasteiger partial charge in [-0.25, -0.2) is 4.39 Å². The van der Waals surface area contributed by atoms with Crippen molar-refractivity contribution in [2.24, 2.45) is 0 Å². The van der Waals surface area contributed by atoms with Crippen LogP contribution in [0, 0.1) is 5.82 Å². The summed E-state index contributed by atoms with van der Waals surface area (Å²) in [7, 11) is 0. The summed E-state index contributed by atoms with van der Waals surface area (Å²) in [5, 5.41) is 3.91. The zero-order valence-electron chi connectivity index (χ0n) is 8.58. The van der Waals surface area contributed by atoms with Gasteiger partial charge in [0.25, 0.3) is 0 Å². The molecule has 0 heterocycles. The van der Waals surface area contributed by atoms with Crippen molar-refractivity contribution in [3.05, 3.63) is 64.9 Å². The third-order valence-electron chi connectivity index (χ3n) is 2.23. The van der Waals surface area contributed by atoms with E-state index in [9.17, 15) is 4.39 Å². The molecule has 0 radical (unpaired) electrons. The maximum absolute atomic E-state index is 12.7. The average Bonchev–Trinajstić information content (AvgIpc) is 2.28. The highest BCUT2D eigenvalue weighted by Gasteiger charge is 1.95. The molecule has 0 aliphatic heterocycles. The van der Waals surface area contributed by atoms with Gasteiger partial charge in [0.2, 0.25) is 0 Å². The van der Waals surface area contributed by atoms with E-state index in [4.69, 9.17) is 11.6 Å². The zero-order valence-corrected chi connectivity index (χ0v) is 9.34. The Morgan fingerprint density at radius 3 is 2.50 bits per heavy atom. The molecular formula is C13H11ClFN. The summed E-state index contributed by atoms with van der Waals surface area (Å²) in [4.78, 5) is 0. The van der Waals surface area contributed by atoms with Gasteiger partial charge in [0.15, 0.2) is 0 Å². The van der Waals surface area contributed by atoms with Crippen LogP contribution in [0.3, 0.4) is 0 Å². The summed E-state index contributed by atoms with van der Waals surface area (Å²) in [6.45, 7) is 0.673. The smallest absolute Gasteiger partial charge is 0.123 e. The predicted octanol–water partition coefficient (Wildman–Crippen LogP) is 4.09. The Bertz CT molecular complexity index is 468. The van der Waals surface area contributed by atoms with E-state index >= 15 is 0 Å². The molecule has 1 nitrogen and oxygen atoms in total. The molecule has 0 atom stereocenters. The fourth-order valence-corrected chi connectivity index (χ4v) is 1.63. The van der Waals surface area contributed by atoms with E-state index in [0.717, 1.165) is 16.3 Å². The lowest BCUT2D eigenvalue weighted by atomic mass is 10.2. The van der Waals surface area contributed by atoms with Gasteiger partial charge in [-0.1, -0.05) is 23.7 Å². The highest BCUT2D eigenvalue weighted by Crippen LogP contribution is 2.13. The lowest BCUT2D eigenvalue weighted by molar-refractivity contribution is 0.628. The van der Waals surface area contributed by atoms with Crippen LogP contribution in [0.1, 0.15) is 5.56 Å². The number of hydrogen-bond donors (Lipinski definition) is 1. The predicted molar refractivity (Wildman–Crippen MR) is 65.2 cm³/mol. The normalized spacial score (nSPS) is 10.1. The van der Waals surface area contributed by atoms with Crippen LogP contribution >= 0.6 is 11.6 Å². The second-order valence-electron chi connectivity index (χ2n) is 3.49. The van der Waals surface area contributed by atoms with Crippen molar-refractivity contribution in [1.82, 2.24) is 0 Å². The summed E-state index contributed by atoms with van der Waals surface area (Å²) in [5.74, 6) is -0.228. The first kappa shape index (κ1) is 11.0. The van der Waals surface area contributed by atoms with Gasteiger partial charge in [-0.05, 0) is 42.0 Å². The minimum atomic E-state index is -0.228. The number of hydrogen-bond acceptors (Lipinski definition) is 1. The maximum Gasteiger partial charge on any atom is 0.123 e. The largest absolute Gasteiger partial charge is 0.381 e. The Morgan fingerprint density at radius 2 is 1.81 bits per heavy atom. The van der Waals surface area contributed by atoms with Gasteiger partial charge in [0.05, 0.1) is 0 Å². The molecule has 0 amide bonds. The third kappa shape index (κ3) is 2.97. The van der Waals surface area contributed by atoms with Crippen molar-refractivity contribution in [1.29, 1.82) is 0 Å². The van der Waals surface area contributed by atoms with Crippen molar-refractivity contribution in [3.8, 4) is 0 Å². The minimum Gasteiger partial charge on any atom is -0.381 e. The van der Waals surface area contributed by atoms with E-state index in [1.807, 2.05) is 24.3 Å². The standard InChI is InChI=1S/C13H11ClFN/c14-11-3-1-2-10(8-11)9-16-13-6-4-12(15)5-7-13/h1-8,16H,9H2. The number of nitrogens with one attached hydrogen (secondary N) is 1. The molecule has 0 aliphatic rings. The van der Waals surface area contributed by atoms with E-state index in [-0.39, 0.29) is 5.82 Å². The summed E-state index contributed by atoms with van der Waals surface area (Å²) < 4.78 is 12.7. The Labute approximate surface area is 98.9 Å². The second-order valence-corrected chi connectivity index (χ2v) is 3.93. The molecule has 3 heteroatoms. The topological polar surface area (TPSA) is 12.0 Å². The van der Waals surface area contributed by atoms with Crippen LogP contribution in [0.25, 0.3) is 0 Å². The Hall–Kier alpha value is -1.54. The van der Waals surface area contributed by atoms with Gasteiger partial charge in [0, 0.05) is 17.3 Å². The SMILES string of the molecule is Fc1ccc(NCc2cccc(Cl)c2)cc1. The van der Waals surface area contributed by atoms with E-state index in [1.54, 1.807) is 12.1 Å². The van der Waals surface area contributed by atoms with Crippen molar-refractivity contribution in [3.63, 3.8) is 0 Å². The molecule has 0 unspecified atom stereocenters. The van der Waals surface area contributed by atoms with Gasteiger partial charge in [-0.2, -0.15) is 0 Å². The molecule has 0 saturated carbocycles. The van der Waals surface area contributed by atoms with E-state index < -0.39 is 0 Å². The Kier molecular flexibility index (Phi) is 3.42. The fraction of sp³-hybridized carbons (Fsp3) is 0.0769. The van der Waals surface area contributed by atoms with Gasteiger partial charge in [-0.3, -0.25) is 0 Å². The Balaban J connectivity index is 1.99. The lowest BCUT2D eigenvalue weighted by Gasteiger charge is -2.06. The van der Waals surface area contributed by atoms with Gasteiger partial charge in [-0.15, -0.1) is 0 Å². The molecule has 2 rings (SSSR count). The molecule has 0 aromatic heterocycles. The monoisotopic (exact) mass is 235 g/mol. The summed E-state index contributed by atoms with van der Waals surface area (Å²) >= 11 is 5.87. The zero-order chi connectivity index (χ0) is 11.4. The molecule has 1 N–H and O–H groups in total. The first-order valence-corrected chi connectivity index (χ1v) is 5.36.